The summed E-state index contributed by atoms with van der Waals surface area (Å²) in [7, 11) is 2.12. The largest absolute Gasteiger partial charge is 0.393 e. The Kier molecular flexibility index (Phi) is 5.30. The summed E-state index contributed by atoms with van der Waals surface area (Å²) in [5, 5.41) is 13.6. The molecule has 1 aromatic rings. The number of nitrogens with zero attached hydrogens (tertiary/aromatic N) is 1. The molecule has 4 heteroatoms. The normalized spacial score (nSPS) is 21.9. The predicted molar refractivity (Wildman–Crippen MR) is 85.4 cm³/mol. The van der Waals surface area contributed by atoms with Gasteiger partial charge < -0.3 is 15.3 Å². The highest BCUT2D eigenvalue weighted by Gasteiger charge is 2.28. The Hall–Kier alpha value is -0.770. The molecule has 0 aliphatic heterocycles. The van der Waals surface area contributed by atoms with Crippen LogP contribution in [-0.4, -0.2) is 30.8 Å². The molecule has 0 aromatic heterocycles. The van der Waals surface area contributed by atoms with Gasteiger partial charge in [-0.1, -0.05) is 25.4 Å². The Balaban J connectivity index is 2.04. The van der Waals surface area contributed by atoms with E-state index in [-0.39, 0.29) is 6.10 Å². The Morgan fingerprint density at radius 1 is 1.40 bits per heavy atom. The summed E-state index contributed by atoms with van der Waals surface area (Å²) in [6.07, 6.45) is 1.77. The Morgan fingerprint density at radius 3 is 2.70 bits per heavy atom. The van der Waals surface area contributed by atoms with Gasteiger partial charge in [0, 0.05) is 36.9 Å². The van der Waals surface area contributed by atoms with Crippen molar-refractivity contribution < 1.29 is 5.11 Å². The number of benzene rings is 1. The lowest BCUT2D eigenvalue weighted by Crippen LogP contribution is -2.37. The lowest BCUT2D eigenvalue weighted by Gasteiger charge is -2.36. The molecule has 0 unspecified atom stereocenters. The van der Waals surface area contributed by atoms with Crippen LogP contribution in [0.15, 0.2) is 18.2 Å². The first-order valence-electron chi connectivity index (χ1n) is 7.36. The van der Waals surface area contributed by atoms with Crippen molar-refractivity contribution in [3.8, 4) is 0 Å². The van der Waals surface area contributed by atoms with E-state index in [1.165, 1.54) is 11.3 Å². The van der Waals surface area contributed by atoms with Crippen LogP contribution in [0.25, 0.3) is 0 Å². The standard InChI is InChI=1S/C16H25ClN2O/c1-11(2)18-9-13-8-14(17)4-5-16(13)19(3)10-12-6-15(20)7-12/h4-5,8,11-12,15,18,20H,6-7,9-10H2,1-3H3. The molecule has 0 spiro atoms. The fourth-order valence-corrected chi connectivity index (χ4v) is 2.91. The fraction of sp³-hybridized carbons (Fsp3) is 0.625. The van der Waals surface area contributed by atoms with Crippen LogP contribution in [0, 0.1) is 5.92 Å². The lowest BCUT2D eigenvalue weighted by atomic mass is 9.82. The van der Waals surface area contributed by atoms with Crippen LogP contribution < -0.4 is 10.2 Å². The Bertz CT molecular complexity index is 444. The van der Waals surface area contributed by atoms with E-state index in [2.05, 4.69) is 37.2 Å². The first-order chi connectivity index (χ1) is 9.45. The smallest absolute Gasteiger partial charge is 0.0546 e. The van der Waals surface area contributed by atoms with E-state index < -0.39 is 0 Å². The SMILES string of the molecule is CC(C)NCc1cc(Cl)ccc1N(C)CC1CC(O)C1. The molecule has 0 atom stereocenters. The van der Waals surface area contributed by atoms with E-state index in [1.807, 2.05) is 12.1 Å². The number of aliphatic hydroxyl groups is 1. The number of hydrogen-bond donors (Lipinski definition) is 2. The van der Waals surface area contributed by atoms with Crippen molar-refractivity contribution in [1.29, 1.82) is 0 Å². The fourth-order valence-electron chi connectivity index (χ4n) is 2.72. The Labute approximate surface area is 126 Å². The van der Waals surface area contributed by atoms with Gasteiger partial charge in [0.1, 0.15) is 0 Å². The highest BCUT2D eigenvalue weighted by atomic mass is 35.5. The molecule has 0 amide bonds. The van der Waals surface area contributed by atoms with Gasteiger partial charge in [-0.05, 0) is 42.5 Å². The molecule has 0 radical (unpaired) electrons. The maximum absolute atomic E-state index is 9.39. The van der Waals surface area contributed by atoms with Crippen molar-refractivity contribution in [3.63, 3.8) is 0 Å². The van der Waals surface area contributed by atoms with Crippen molar-refractivity contribution in [1.82, 2.24) is 5.32 Å². The van der Waals surface area contributed by atoms with Crippen LogP contribution >= 0.6 is 11.6 Å². The molecule has 1 fully saturated rings. The average Bonchev–Trinajstić information content (AvgIpc) is 2.34. The zero-order chi connectivity index (χ0) is 14.7. The monoisotopic (exact) mass is 296 g/mol. The topological polar surface area (TPSA) is 35.5 Å². The summed E-state index contributed by atoms with van der Waals surface area (Å²) < 4.78 is 0. The molecule has 2 N–H and O–H groups in total. The second-order valence-electron chi connectivity index (χ2n) is 6.18. The van der Waals surface area contributed by atoms with E-state index in [0.29, 0.717) is 12.0 Å². The number of rotatable bonds is 6. The first-order valence-corrected chi connectivity index (χ1v) is 7.74. The minimum absolute atomic E-state index is 0.0827. The molecular weight excluding hydrogens is 272 g/mol. The van der Waals surface area contributed by atoms with Crippen LogP contribution in [0.5, 0.6) is 0 Å². The molecule has 0 saturated heterocycles. The highest BCUT2D eigenvalue weighted by molar-refractivity contribution is 6.30. The Morgan fingerprint density at radius 2 is 2.10 bits per heavy atom. The summed E-state index contributed by atoms with van der Waals surface area (Å²) in [6, 6.07) is 6.53. The summed E-state index contributed by atoms with van der Waals surface area (Å²) in [4.78, 5) is 2.28. The number of hydrogen-bond acceptors (Lipinski definition) is 3. The van der Waals surface area contributed by atoms with E-state index in [1.54, 1.807) is 0 Å². The minimum atomic E-state index is -0.0827. The summed E-state index contributed by atoms with van der Waals surface area (Å²) in [5.74, 6) is 0.608. The minimum Gasteiger partial charge on any atom is -0.393 e. The molecule has 1 aliphatic rings. The molecule has 1 aromatic carbocycles. The third kappa shape index (κ3) is 4.11. The van der Waals surface area contributed by atoms with Crippen molar-refractivity contribution >= 4 is 17.3 Å². The number of aliphatic hydroxyl groups excluding tert-OH is 1. The number of anilines is 1. The second kappa shape index (κ2) is 6.79. The van der Waals surface area contributed by atoms with Gasteiger partial charge in [-0.2, -0.15) is 0 Å². The molecule has 2 rings (SSSR count). The maximum atomic E-state index is 9.39. The zero-order valence-electron chi connectivity index (χ0n) is 12.6. The zero-order valence-corrected chi connectivity index (χ0v) is 13.3. The van der Waals surface area contributed by atoms with Crippen LogP contribution in [0.3, 0.4) is 0 Å². The average molecular weight is 297 g/mol. The molecule has 0 heterocycles. The van der Waals surface area contributed by atoms with Crippen molar-refractivity contribution in [2.75, 3.05) is 18.5 Å². The van der Waals surface area contributed by atoms with Crippen LogP contribution in [0.2, 0.25) is 5.02 Å². The molecule has 112 valence electrons. The quantitative estimate of drug-likeness (QED) is 0.847. The van der Waals surface area contributed by atoms with E-state index >= 15 is 0 Å². The van der Waals surface area contributed by atoms with Gasteiger partial charge in [0.05, 0.1) is 6.10 Å². The van der Waals surface area contributed by atoms with Crippen LogP contribution in [0.1, 0.15) is 32.3 Å². The molecule has 3 nitrogen and oxygen atoms in total. The van der Waals surface area contributed by atoms with Crippen molar-refractivity contribution in [2.24, 2.45) is 5.92 Å². The third-order valence-electron chi connectivity index (χ3n) is 3.90. The van der Waals surface area contributed by atoms with Crippen LogP contribution in [0.4, 0.5) is 5.69 Å². The summed E-state index contributed by atoms with van der Waals surface area (Å²) in [5.41, 5.74) is 2.46. The van der Waals surface area contributed by atoms with Gasteiger partial charge in [-0.25, -0.2) is 0 Å². The number of halogens is 1. The molecular formula is C16H25ClN2O. The van der Waals surface area contributed by atoms with Gasteiger partial charge in [-0.15, -0.1) is 0 Å². The maximum Gasteiger partial charge on any atom is 0.0546 e. The highest BCUT2D eigenvalue weighted by Crippen LogP contribution is 2.31. The van der Waals surface area contributed by atoms with Gasteiger partial charge in [0.25, 0.3) is 0 Å². The van der Waals surface area contributed by atoms with Gasteiger partial charge >= 0.3 is 0 Å². The van der Waals surface area contributed by atoms with E-state index in [9.17, 15) is 5.11 Å². The van der Waals surface area contributed by atoms with Crippen molar-refractivity contribution in [3.05, 3.63) is 28.8 Å². The third-order valence-corrected chi connectivity index (χ3v) is 4.13. The van der Waals surface area contributed by atoms with E-state index in [0.717, 1.165) is 31.0 Å². The van der Waals surface area contributed by atoms with Gasteiger partial charge in [0.15, 0.2) is 0 Å². The summed E-state index contributed by atoms with van der Waals surface area (Å²) >= 11 is 6.12. The molecule has 20 heavy (non-hydrogen) atoms. The van der Waals surface area contributed by atoms with Crippen molar-refractivity contribution in [2.45, 2.75) is 45.4 Å². The molecule has 0 bridgehead atoms. The second-order valence-corrected chi connectivity index (χ2v) is 6.62. The van der Waals surface area contributed by atoms with Gasteiger partial charge in [-0.3, -0.25) is 0 Å². The molecule has 1 aliphatic carbocycles. The van der Waals surface area contributed by atoms with E-state index in [4.69, 9.17) is 11.6 Å². The predicted octanol–water partition coefficient (Wildman–Crippen LogP) is 3.05. The van der Waals surface area contributed by atoms with Crippen LogP contribution in [-0.2, 0) is 6.54 Å². The molecule has 1 saturated carbocycles. The van der Waals surface area contributed by atoms with Gasteiger partial charge in [0.2, 0.25) is 0 Å². The first kappa shape index (κ1) is 15.6. The lowest BCUT2D eigenvalue weighted by molar-refractivity contribution is 0.0464. The number of nitrogens with one attached hydrogen (secondary N) is 1. The summed E-state index contributed by atoms with van der Waals surface area (Å²) in [6.45, 7) is 6.10.